The first-order chi connectivity index (χ1) is 17.5. The van der Waals surface area contributed by atoms with E-state index in [4.69, 9.17) is 22.1 Å². The monoisotopic (exact) mass is 497 g/mol. The summed E-state index contributed by atoms with van der Waals surface area (Å²) in [7, 11) is 1.38. The van der Waals surface area contributed by atoms with Crippen LogP contribution in [0.5, 0.6) is 5.75 Å². The molecule has 9 nitrogen and oxygen atoms in total. The number of nitro groups is 1. The van der Waals surface area contributed by atoms with Crippen molar-refractivity contribution < 1.29 is 14.5 Å². The largest absolute Gasteiger partial charge is 0.490 e. The summed E-state index contributed by atoms with van der Waals surface area (Å²) in [5.41, 5.74) is 3.04. The summed E-state index contributed by atoms with van der Waals surface area (Å²) < 4.78 is 6.79. The molecule has 0 atom stereocenters. The Bertz CT molecular complexity index is 1520. The lowest BCUT2D eigenvalue weighted by molar-refractivity contribution is -0.385. The number of nitrogens with one attached hydrogen (secondary N) is 1. The van der Waals surface area contributed by atoms with Crippen LogP contribution in [0.3, 0.4) is 0 Å². The number of ether oxygens (including phenoxy) is 1. The fourth-order valence-electron chi connectivity index (χ4n) is 3.91. The van der Waals surface area contributed by atoms with E-state index in [1.165, 1.54) is 24.1 Å². The molecule has 0 spiro atoms. The molecule has 1 aromatic heterocycles. The minimum atomic E-state index is -0.507. The number of nitrogens with zero attached hydrogens (tertiary/aromatic N) is 4. The van der Waals surface area contributed by atoms with Crippen molar-refractivity contribution in [1.82, 2.24) is 15.1 Å². The minimum absolute atomic E-state index is 0.141. The third kappa shape index (κ3) is 4.21. The maximum atomic E-state index is 13.2. The number of hydrogen-bond acceptors (Lipinski definition) is 6. The molecule has 10 heteroatoms. The molecule has 1 fully saturated rings. The predicted molar refractivity (Wildman–Crippen MR) is 140 cm³/mol. The third-order valence-corrected chi connectivity index (χ3v) is 5.89. The first-order valence-corrected chi connectivity index (χ1v) is 11.3. The predicted octanol–water partition coefficient (Wildman–Crippen LogP) is 4.72. The van der Waals surface area contributed by atoms with Crippen LogP contribution in [0, 0.1) is 10.1 Å². The number of benzene rings is 3. The van der Waals surface area contributed by atoms with Crippen LogP contribution in [0.25, 0.3) is 23.0 Å². The van der Waals surface area contributed by atoms with Gasteiger partial charge >= 0.3 is 5.69 Å². The molecule has 1 aliphatic rings. The van der Waals surface area contributed by atoms with Gasteiger partial charge in [0.05, 0.1) is 23.4 Å². The average molecular weight is 498 g/mol. The molecule has 5 rings (SSSR count). The second-order valence-electron chi connectivity index (χ2n) is 7.82. The Morgan fingerprint density at radius 2 is 1.69 bits per heavy atom. The summed E-state index contributed by atoms with van der Waals surface area (Å²) in [4.78, 5) is 25.8. The molecule has 2 heterocycles. The van der Waals surface area contributed by atoms with Gasteiger partial charge in [-0.1, -0.05) is 36.4 Å². The lowest BCUT2D eigenvalue weighted by Crippen LogP contribution is -2.30. The molecule has 0 aliphatic carbocycles. The number of thiocarbonyl (C=S) groups is 1. The van der Waals surface area contributed by atoms with Gasteiger partial charge < -0.3 is 10.1 Å². The molecule has 0 radical (unpaired) electrons. The molecule has 178 valence electrons. The van der Waals surface area contributed by atoms with Crippen LogP contribution >= 0.6 is 12.2 Å². The second kappa shape index (κ2) is 9.43. The maximum absolute atomic E-state index is 13.2. The smallest absolute Gasteiger partial charge is 0.311 e. The second-order valence-corrected chi connectivity index (χ2v) is 8.21. The Labute approximate surface area is 211 Å². The number of aromatic nitrogens is 2. The molecule has 4 aromatic rings. The summed E-state index contributed by atoms with van der Waals surface area (Å²) in [6.07, 6.45) is 3.41. The van der Waals surface area contributed by atoms with Gasteiger partial charge in [-0.3, -0.25) is 19.8 Å². The normalized spacial score (nSPS) is 14.2. The summed E-state index contributed by atoms with van der Waals surface area (Å²) >= 11 is 5.42. The first kappa shape index (κ1) is 22.9. The van der Waals surface area contributed by atoms with E-state index in [0.717, 1.165) is 5.69 Å². The maximum Gasteiger partial charge on any atom is 0.311 e. The van der Waals surface area contributed by atoms with Gasteiger partial charge in [-0.15, -0.1) is 0 Å². The molecule has 1 aliphatic heterocycles. The fourth-order valence-corrected chi connectivity index (χ4v) is 4.21. The molecule has 0 saturated carbocycles. The number of rotatable bonds is 6. The van der Waals surface area contributed by atoms with Gasteiger partial charge in [-0.2, -0.15) is 5.10 Å². The van der Waals surface area contributed by atoms with E-state index in [1.807, 2.05) is 48.5 Å². The molecule has 0 bridgehead atoms. The van der Waals surface area contributed by atoms with Gasteiger partial charge in [0.15, 0.2) is 10.9 Å². The van der Waals surface area contributed by atoms with Crippen molar-refractivity contribution in [1.29, 1.82) is 0 Å². The summed E-state index contributed by atoms with van der Waals surface area (Å²) in [5.74, 6) is -0.173. The van der Waals surface area contributed by atoms with Gasteiger partial charge in [0, 0.05) is 23.4 Å². The number of para-hydroxylation sites is 2. The van der Waals surface area contributed by atoms with Crippen LogP contribution in [-0.4, -0.2) is 32.8 Å². The van der Waals surface area contributed by atoms with Gasteiger partial charge in [0.1, 0.15) is 11.4 Å². The highest BCUT2D eigenvalue weighted by Gasteiger charge is 2.32. The summed E-state index contributed by atoms with van der Waals surface area (Å²) in [6.45, 7) is 0. The topological polar surface area (TPSA) is 103 Å². The van der Waals surface area contributed by atoms with E-state index in [1.54, 1.807) is 35.2 Å². The van der Waals surface area contributed by atoms with Crippen molar-refractivity contribution in [2.45, 2.75) is 0 Å². The molecule has 3 aromatic carbocycles. The summed E-state index contributed by atoms with van der Waals surface area (Å²) in [6, 6.07) is 23.1. The third-order valence-electron chi connectivity index (χ3n) is 5.60. The Hall–Kier alpha value is -4.83. The number of amides is 1. The zero-order valence-corrected chi connectivity index (χ0v) is 19.8. The number of anilines is 1. The van der Waals surface area contributed by atoms with Gasteiger partial charge in [-0.25, -0.2) is 4.68 Å². The molecular weight excluding hydrogens is 478 g/mol. The van der Waals surface area contributed by atoms with Crippen LogP contribution in [0.1, 0.15) is 5.56 Å². The number of methoxy groups -OCH3 is 1. The molecule has 1 saturated heterocycles. The van der Waals surface area contributed by atoms with Gasteiger partial charge in [0.2, 0.25) is 0 Å². The van der Waals surface area contributed by atoms with E-state index in [-0.39, 0.29) is 28.2 Å². The van der Waals surface area contributed by atoms with Crippen LogP contribution in [-0.2, 0) is 4.79 Å². The highest BCUT2D eigenvalue weighted by atomic mass is 32.1. The lowest BCUT2D eigenvalue weighted by atomic mass is 10.1. The van der Waals surface area contributed by atoms with Crippen molar-refractivity contribution in [3.05, 3.63) is 106 Å². The Morgan fingerprint density at radius 1 is 1.03 bits per heavy atom. The van der Waals surface area contributed by atoms with Crippen LogP contribution in [0.2, 0.25) is 0 Å². The van der Waals surface area contributed by atoms with Crippen molar-refractivity contribution in [3.8, 4) is 22.7 Å². The number of carbonyl (C=O) groups excluding carboxylic acids is 1. The first-order valence-electron chi connectivity index (χ1n) is 10.9. The lowest BCUT2D eigenvalue weighted by Gasteiger charge is -2.13. The van der Waals surface area contributed by atoms with Gasteiger partial charge in [-0.05, 0) is 54.7 Å². The standard InChI is InChI=1S/C26H19N5O4S/c1-35-23-13-12-17(15-22(23)31(33)34)24-18(16-29(28-24)19-8-4-2-5-9-19)14-21-25(32)30(26(36)27-21)20-10-6-3-7-11-20/h2-16H,1H3,(H,27,36)/b21-14-. The van der Waals surface area contributed by atoms with Crippen LogP contribution in [0.4, 0.5) is 11.4 Å². The molecule has 1 amide bonds. The zero-order valence-electron chi connectivity index (χ0n) is 19.0. The Morgan fingerprint density at radius 3 is 2.33 bits per heavy atom. The van der Waals surface area contributed by atoms with Crippen molar-refractivity contribution in [3.63, 3.8) is 0 Å². The van der Waals surface area contributed by atoms with Gasteiger partial charge in [0.25, 0.3) is 5.91 Å². The number of nitro benzene ring substituents is 1. The molecular formula is C26H19N5O4S. The fraction of sp³-hybridized carbons (Fsp3) is 0.0385. The quantitative estimate of drug-likeness (QED) is 0.178. The van der Waals surface area contributed by atoms with E-state index < -0.39 is 4.92 Å². The zero-order chi connectivity index (χ0) is 25.2. The average Bonchev–Trinajstić information content (AvgIpc) is 3.44. The Balaban J connectivity index is 1.62. The van der Waals surface area contributed by atoms with Crippen molar-refractivity contribution >= 4 is 40.7 Å². The van der Waals surface area contributed by atoms with Crippen LogP contribution in [0.15, 0.2) is 90.8 Å². The van der Waals surface area contributed by atoms with Crippen molar-refractivity contribution in [2.75, 3.05) is 12.0 Å². The SMILES string of the molecule is COc1ccc(-c2nn(-c3ccccc3)cc2/C=C2\NC(=S)N(c3ccccc3)C2=O)cc1[N+](=O)[O-]. The molecule has 1 N–H and O–H groups in total. The highest BCUT2D eigenvalue weighted by Crippen LogP contribution is 2.34. The highest BCUT2D eigenvalue weighted by molar-refractivity contribution is 7.80. The number of hydrogen-bond donors (Lipinski definition) is 1. The van der Waals surface area contributed by atoms with Crippen LogP contribution < -0.4 is 15.0 Å². The van der Waals surface area contributed by atoms with E-state index >= 15 is 0 Å². The summed E-state index contributed by atoms with van der Waals surface area (Å²) in [5, 5.41) is 19.5. The van der Waals surface area contributed by atoms with E-state index in [2.05, 4.69) is 5.32 Å². The molecule has 36 heavy (non-hydrogen) atoms. The molecule has 0 unspecified atom stereocenters. The van der Waals surface area contributed by atoms with Crippen molar-refractivity contribution in [2.24, 2.45) is 0 Å². The number of carbonyl (C=O) groups is 1. The Kier molecular flexibility index (Phi) is 6.01. The minimum Gasteiger partial charge on any atom is -0.490 e. The van der Waals surface area contributed by atoms with E-state index in [0.29, 0.717) is 22.5 Å². The van der Waals surface area contributed by atoms with E-state index in [9.17, 15) is 14.9 Å².